The first-order valence-electron chi connectivity index (χ1n) is 6.01. The molecule has 5 nitrogen and oxygen atoms in total. The lowest BCUT2D eigenvalue weighted by molar-refractivity contribution is -0.142. The van der Waals surface area contributed by atoms with Crippen LogP contribution in [-0.4, -0.2) is 43.5 Å². The predicted octanol–water partition coefficient (Wildman–Crippen LogP) is 1.88. The van der Waals surface area contributed by atoms with Crippen molar-refractivity contribution in [3.05, 3.63) is 28.2 Å². The van der Waals surface area contributed by atoms with Crippen molar-refractivity contribution < 1.29 is 19.4 Å². The molecule has 1 rings (SSSR count). The first-order valence-corrected chi connectivity index (χ1v) is 6.76. The molecule has 2 unspecified atom stereocenters. The van der Waals surface area contributed by atoms with Gasteiger partial charge in [0.1, 0.15) is 24.5 Å². The van der Waals surface area contributed by atoms with Gasteiger partial charge in [-0.3, -0.25) is 4.79 Å². The maximum Gasteiger partial charge on any atom is 0.322 e. The Hall–Kier alpha value is -1.01. The van der Waals surface area contributed by atoms with Crippen molar-refractivity contribution in [2.24, 2.45) is 0 Å². The van der Waals surface area contributed by atoms with Crippen LogP contribution in [-0.2, 0) is 9.53 Å². The van der Waals surface area contributed by atoms with Crippen molar-refractivity contribution in [1.29, 1.82) is 0 Å². The van der Waals surface area contributed by atoms with Crippen molar-refractivity contribution >= 4 is 29.2 Å². The Labute approximate surface area is 127 Å². The molecule has 1 aromatic carbocycles. The van der Waals surface area contributed by atoms with Crippen LogP contribution in [0.5, 0.6) is 5.75 Å². The van der Waals surface area contributed by atoms with E-state index in [1.54, 1.807) is 25.1 Å². The number of carbonyl (C=O) groups excluding carboxylic acids is 1. The van der Waals surface area contributed by atoms with Gasteiger partial charge in [-0.2, -0.15) is 0 Å². The van der Waals surface area contributed by atoms with Crippen molar-refractivity contribution in [2.75, 3.05) is 20.3 Å². The molecule has 0 saturated carbocycles. The first-order chi connectivity index (χ1) is 9.43. The number of carbonyl (C=O) groups is 1. The van der Waals surface area contributed by atoms with Gasteiger partial charge in [0.25, 0.3) is 0 Å². The lowest BCUT2D eigenvalue weighted by Crippen LogP contribution is -2.41. The van der Waals surface area contributed by atoms with E-state index >= 15 is 0 Å². The molecule has 112 valence electrons. The van der Waals surface area contributed by atoms with Crippen LogP contribution in [0.1, 0.15) is 6.92 Å². The molecule has 0 saturated heterocycles. The zero-order valence-electron chi connectivity index (χ0n) is 11.2. The van der Waals surface area contributed by atoms with E-state index in [0.29, 0.717) is 15.8 Å². The summed E-state index contributed by atoms with van der Waals surface area (Å²) in [5, 5.41) is 13.5. The highest BCUT2D eigenvalue weighted by atomic mass is 35.5. The van der Waals surface area contributed by atoms with Crippen molar-refractivity contribution in [2.45, 2.75) is 19.1 Å². The number of hydrogen-bond donors (Lipinski definition) is 2. The van der Waals surface area contributed by atoms with Crippen molar-refractivity contribution in [3.63, 3.8) is 0 Å². The Balaban J connectivity index is 2.38. The summed E-state index contributed by atoms with van der Waals surface area (Å²) in [7, 11) is 1.31. The van der Waals surface area contributed by atoms with Crippen LogP contribution < -0.4 is 10.1 Å². The summed E-state index contributed by atoms with van der Waals surface area (Å²) in [6.45, 7) is 1.86. The number of aliphatic hydroxyl groups excluding tert-OH is 1. The van der Waals surface area contributed by atoms with Gasteiger partial charge in [0, 0.05) is 17.6 Å². The van der Waals surface area contributed by atoms with Crippen LogP contribution in [0.15, 0.2) is 18.2 Å². The number of halogens is 2. The molecule has 2 atom stereocenters. The van der Waals surface area contributed by atoms with Crippen LogP contribution in [0.3, 0.4) is 0 Å². The molecular weight excluding hydrogens is 305 g/mol. The van der Waals surface area contributed by atoms with Gasteiger partial charge in [0.15, 0.2) is 0 Å². The third-order valence-electron chi connectivity index (χ3n) is 2.54. The van der Waals surface area contributed by atoms with Crippen molar-refractivity contribution in [1.82, 2.24) is 5.32 Å². The van der Waals surface area contributed by atoms with Gasteiger partial charge >= 0.3 is 5.97 Å². The molecule has 0 radical (unpaired) electrons. The molecule has 0 aliphatic heterocycles. The normalized spacial score (nSPS) is 13.7. The number of benzene rings is 1. The van der Waals surface area contributed by atoms with Gasteiger partial charge in [-0.1, -0.05) is 23.2 Å². The first kappa shape index (κ1) is 17.0. The summed E-state index contributed by atoms with van der Waals surface area (Å²) >= 11 is 11.7. The minimum absolute atomic E-state index is 0.0287. The average molecular weight is 322 g/mol. The second-order valence-electron chi connectivity index (χ2n) is 4.19. The van der Waals surface area contributed by atoms with Crippen LogP contribution in [0.4, 0.5) is 0 Å². The average Bonchev–Trinajstić information content (AvgIpc) is 2.44. The van der Waals surface area contributed by atoms with Gasteiger partial charge in [0.05, 0.1) is 12.1 Å². The molecular formula is C13H17Cl2NO4. The maximum atomic E-state index is 11.2. The molecule has 0 bridgehead atoms. The number of esters is 1. The minimum atomic E-state index is -0.794. The van der Waals surface area contributed by atoms with E-state index < -0.39 is 18.1 Å². The highest BCUT2D eigenvalue weighted by molar-refractivity contribution is 6.34. The fourth-order valence-electron chi connectivity index (χ4n) is 1.41. The largest absolute Gasteiger partial charge is 0.489 e. The topological polar surface area (TPSA) is 67.8 Å². The molecule has 0 amide bonds. The highest BCUT2D eigenvalue weighted by Gasteiger charge is 2.14. The van der Waals surface area contributed by atoms with Gasteiger partial charge < -0.3 is 19.9 Å². The quantitative estimate of drug-likeness (QED) is 0.750. The SMILES string of the molecule is COC(=O)C(C)NCC(O)COc1cc(Cl)ccc1Cl. The summed E-state index contributed by atoms with van der Waals surface area (Å²) in [6.07, 6.45) is -0.794. The molecule has 0 heterocycles. The van der Waals surface area contributed by atoms with Gasteiger partial charge in [-0.05, 0) is 19.1 Å². The second-order valence-corrected chi connectivity index (χ2v) is 5.04. The van der Waals surface area contributed by atoms with Gasteiger partial charge in [-0.15, -0.1) is 0 Å². The molecule has 0 aromatic heterocycles. The molecule has 0 aliphatic rings. The van der Waals surface area contributed by atoms with E-state index in [4.69, 9.17) is 27.9 Å². The van der Waals surface area contributed by atoms with E-state index in [0.717, 1.165) is 0 Å². The van der Waals surface area contributed by atoms with E-state index in [2.05, 4.69) is 10.1 Å². The zero-order chi connectivity index (χ0) is 15.1. The third kappa shape index (κ3) is 5.54. The molecule has 0 fully saturated rings. The number of ether oxygens (including phenoxy) is 2. The second kappa shape index (κ2) is 8.32. The molecule has 1 aromatic rings. The summed E-state index contributed by atoms with van der Waals surface area (Å²) in [4.78, 5) is 11.2. The molecule has 7 heteroatoms. The van der Waals surface area contributed by atoms with E-state index in [9.17, 15) is 9.90 Å². The Morgan fingerprint density at radius 1 is 1.45 bits per heavy atom. The summed E-state index contributed by atoms with van der Waals surface area (Å²) < 4.78 is 9.93. The van der Waals surface area contributed by atoms with Gasteiger partial charge in [0.2, 0.25) is 0 Å². The summed E-state index contributed by atoms with van der Waals surface area (Å²) in [5.74, 6) is 0.00948. The zero-order valence-corrected chi connectivity index (χ0v) is 12.7. The molecule has 20 heavy (non-hydrogen) atoms. The summed E-state index contributed by atoms with van der Waals surface area (Å²) in [6, 6.07) is 4.33. The fraction of sp³-hybridized carbons (Fsp3) is 0.462. The molecule has 0 spiro atoms. The minimum Gasteiger partial charge on any atom is -0.489 e. The Bertz CT molecular complexity index is 456. The van der Waals surface area contributed by atoms with E-state index in [1.165, 1.54) is 7.11 Å². The lowest BCUT2D eigenvalue weighted by Gasteiger charge is -2.16. The highest BCUT2D eigenvalue weighted by Crippen LogP contribution is 2.27. The van der Waals surface area contributed by atoms with Crippen molar-refractivity contribution in [3.8, 4) is 5.75 Å². The van der Waals surface area contributed by atoms with Crippen LogP contribution in [0.2, 0.25) is 10.0 Å². The number of hydrogen-bond acceptors (Lipinski definition) is 5. The monoisotopic (exact) mass is 321 g/mol. The summed E-state index contributed by atoms with van der Waals surface area (Å²) in [5.41, 5.74) is 0. The number of methoxy groups -OCH3 is 1. The van der Waals surface area contributed by atoms with Crippen LogP contribution >= 0.6 is 23.2 Å². The smallest absolute Gasteiger partial charge is 0.322 e. The molecule has 2 N–H and O–H groups in total. The Kier molecular flexibility index (Phi) is 7.09. The van der Waals surface area contributed by atoms with Crippen LogP contribution in [0.25, 0.3) is 0 Å². The fourth-order valence-corrected chi connectivity index (χ4v) is 1.74. The Morgan fingerprint density at radius 2 is 2.15 bits per heavy atom. The van der Waals surface area contributed by atoms with Crippen LogP contribution in [0, 0.1) is 0 Å². The lowest BCUT2D eigenvalue weighted by atomic mass is 10.3. The number of rotatable bonds is 7. The van der Waals surface area contributed by atoms with Gasteiger partial charge in [-0.25, -0.2) is 0 Å². The molecule has 0 aliphatic carbocycles. The number of nitrogens with one attached hydrogen (secondary N) is 1. The standard InChI is InChI=1S/C13H17Cl2NO4/c1-8(13(18)19-2)16-6-10(17)7-20-12-5-9(14)3-4-11(12)15/h3-5,8,10,16-17H,6-7H2,1-2H3. The van der Waals surface area contributed by atoms with E-state index in [-0.39, 0.29) is 13.2 Å². The third-order valence-corrected chi connectivity index (χ3v) is 3.09. The number of aliphatic hydroxyl groups is 1. The Morgan fingerprint density at radius 3 is 2.80 bits per heavy atom. The predicted molar refractivity (Wildman–Crippen MR) is 77.4 cm³/mol. The van der Waals surface area contributed by atoms with E-state index in [1.807, 2.05) is 0 Å². The maximum absolute atomic E-state index is 11.2.